The number of nitrogens with two attached hydrogens (primary N) is 1. The van der Waals surface area contributed by atoms with E-state index in [-0.39, 0.29) is 21.7 Å². The first-order valence-corrected chi connectivity index (χ1v) is 7.03. The monoisotopic (exact) mass is 324 g/mol. The highest BCUT2D eigenvalue weighted by Crippen LogP contribution is 2.34. The molecule has 2 aromatic carbocycles. The highest BCUT2D eigenvalue weighted by molar-refractivity contribution is 6.37. The Morgan fingerprint density at radius 2 is 1.86 bits per heavy atom. The number of phenols is 1. The van der Waals surface area contributed by atoms with Crippen LogP contribution in [0.1, 0.15) is 12.0 Å². The van der Waals surface area contributed by atoms with Crippen molar-refractivity contribution in [1.82, 2.24) is 0 Å². The maximum Gasteiger partial charge on any atom is 0.224 e. The smallest absolute Gasteiger partial charge is 0.224 e. The molecule has 0 aliphatic heterocycles. The normalized spacial score (nSPS) is 10.4. The van der Waals surface area contributed by atoms with Gasteiger partial charge < -0.3 is 16.2 Å². The first kappa shape index (κ1) is 15.5. The zero-order chi connectivity index (χ0) is 15.4. The van der Waals surface area contributed by atoms with E-state index in [1.54, 1.807) is 6.07 Å². The second kappa shape index (κ2) is 6.70. The summed E-state index contributed by atoms with van der Waals surface area (Å²) < 4.78 is 0. The van der Waals surface area contributed by atoms with E-state index in [9.17, 15) is 9.90 Å². The van der Waals surface area contributed by atoms with Crippen molar-refractivity contribution in [1.29, 1.82) is 0 Å². The van der Waals surface area contributed by atoms with Crippen molar-refractivity contribution in [2.75, 3.05) is 11.1 Å². The number of carbonyl (C=O) groups is 1. The lowest BCUT2D eigenvalue weighted by Crippen LogP contribution is -2.12. The predicted octanol–water partition coefficient (Wildman–Crippen LogP) is 3.85. The molecule has 0 aliphatic carbocycles. The van der Waals surface area contributed by atoms with Gasteiger partial charge in [0.2, 0.25) is 5.91 Å². The number of nitrogens with one attached hydrogen (secondary N) is 1. The van der Waals surface area contributed by atoms with Crippen LogP contribution >= 0.6 is 23.2 Å². The Morgan fingerprint density at radius 3 is 2.48 bits per heavy atom. The summed E-state index contributed by atoms with van der Waals surface area (Å²) >= 11 is 11.6. The topological polar surface area (TPSA) is 75.4 Å². The van der Waals surface area contributed by atoms with E-state index in [1.165, 1.54) is 12.1 Å². The molecule has 0 saturated carbocycles. The van der Waals surface area contributed by atoms with E-state index >= 15 is 0 Å². The van der Waals surface area contributed by atoms with Crippen molar-refractivity contribution >= 4 is 40.5 Å². The number of benzene rings is 2. The number of carbonyl (C=O) groups excluding carboxylic acids is 1. The number of rotatable bonds is 4. The van der Waals surface area contributed by atoms with Crippen LogP contribution in [0.2, 0.25) is 10.0 Å². The Balaban J connectivity index is 1.96. The number of anilines is 2. The van der Waals surface area contributed by atoms with Gasteiger partial charge in [0, 0.05) is 17.8 Å². The summed E-state index contributed by atoms with van der Waals surface area (Å²) in [6.45, 7) is 0. The van der Waals surface area contributed by atoms with E-state index < -0.39 is 0 Å². The first-order chi connectivity index (χ1) is 9.95. The summed E-state index contributed by atoms with van der Waals surface area (Å²) in [4.78, 5) is 11.9. The summed E-state index contributed by atoms with van der Waals surface area (Å²) in [5.41, 5.74) is 7.79. The standard InChI is InChI=1S/C15H14Cl2N2O2/c16-12-7-11(8-13(17)15(12)21)19-14(20)5-4-9-2-1-3-10(18)6-9/h1-3,6-8,21H,4-5,18H2,(H,19,20). The summed E-state index contributed by atoms with van der Waals surface area (Å²) in [6.07, 6.45) is 0.885. The number of phenolic OH excluding ortho intramolecular Hbond substituents is 1. The zero-order valence-corrected chi connectivity index (χ0v) is 12.6. The van der Waals surface area contributed by atoms with E-state index in [4.69, 9.17) is 28.9 Å². The minimum atomic E-state index is -0.198. The SMILES string of the molecule is Nc1cccc(CCC(=O)Nc2cc(Cl)c(O)c(Cl)c2)c1. The molecule has 0 unspecified atom stereocenters. The van der Waals surface area contributed by atoms with Crippen molar-refractivity contribution in [3.8, 4) is 5.75 Å². The van der Waals surface area contributed by atoms with Gasteiger partial charge in [0.1, 0.15) is 0 Å². The van der Waals surface area contributed by atoms with Gasteiger partial charge in [-0.15, -0.1) is 0 Å². The number of nitrogen functional groups attached to an aromatic ring is 1. The Hall–Kier alpha value is -1.91. The van der Waals surface area contributed by atoms with Crippen LogP contribution in [0.15, 0.2) is 36.4 Å². The van der Waals surface area contributed by atoms with Crippen LogP contribution < -0.4 is 11.1 Å². The fourth-order valence-corrected chi connectivity index (χ4v) is 2.35. The molecule has 2 rings (SSSR count). The fraction of sp³-hybridized carbons (Fsp3) is 0.133. The molecule has 0 atom stereocenters. The second-order valence-electron chi connectivity index (χ2n) is 4.58. The Kier molecular flexibility index (Phi) is 4.94. The van der Waals surface area contributed by atoms with Crippen LogP contribution in [0.5, 0.6) is 5.75 Å². The Bertz CT molecular complexity index is 651. The second-order valence-corrected chi connectivity index (χ2v) is 5.40. The summed E-state index contributed by atoms with van der Waals surface area (Å²) in [6, 6.07) is 10.3. The highest BCUT2D eigenvalue weighted by Gasteiger charge is 2.09. The number of aromatic hydroxyl groups is 1. The van der Waals surface area contributed by atoms with Crippen molar-refractivity contribution < 1.29 is 9.90 Å². The first-order valence-electron chi connectivity index (χ1n) is 6.28. The number of aryl methyl sites for hydroxylation is 1. The molecule has 110 valence electrons. The van der Waals surface area contributed by atoms with Crippen LogP contribution in [-0.4, -0.2) is 11.0 Å². The quantitative estimate of drug-likeness (QED) is 0.590. The number of halogens is 2. The third-order valence-corrected chi connectivity index (χ3v) is 3.47. The van der Waals surface area contributed by atoms with Gasteiger partial charge in [-0.05, 0) is 36.2 Å². The van der Waals surface area contributed by atoms with Crippen molar-refractivity contribution in [3.63, 3.8) is 0 Å². The predicted molar refractivity (Wildman–Crippen MR) is 85.9 cm³/mol. The summed E-state index contributed by atoms with van der Waals surface area (Å²) in [7, 11) is 0. The number of hydrogen-bond acceptors (Lipinski definition) is 3. The Morgan fingerprint density at radius 1 is 1.19 bits per heavy atom. The van der Waals surface area contributed by atoms with Gasteiger partial charge in [-0.3, -0.25) is 4.79 Å². The maximum atomic E-state index is 11.9. The fourth-order valence-electron chi connectivity index (χ4n) is 1.87. The van der Waals surface area contributed by atoms with Crippen LogP contribution in [-0.2, 0) is 11.2 Å². The molecule has 0 radical (unpaired) electrons. The van der Waals surface area contributed by atoms with Gasteiger partial charge >= 0.3 is 0 Å². The average molecular weight is 325 g/mol. The molecule has 0 spiro atoms. The van der Waals surface area contributed by atoms with E-state index in [1.807, 2.05) is 18.2 Å². The molecule has 0 bridgehead atoms. The van der Waals surface area contributed by atoms with Crippen LogP contribution in [0.4, 0.5) is 11.4 Å². The van der Waals surface area contributed by atoms with E-state index in [2.05, 4.69) is 5.32 Å². The number of hydrogen-bond donors (Lipinski definition) is 3. The van der Waals surface area contributed by atoms with Gasteiger partial charge in [0.05, 0.1) is 10.0 Å². The minimum absolute atomic E-state index is 0.0913. The molecular weight excluding hydrogens is 311 g/mol. The summed E-state index contributed by atoms with van der Waals surface area (Å²) in [5.74, 6) is -0.369. The van der Waals surface area contributed by atoms with Gasteiger partial charge in [-0.25, -0.2) is 0 Å². The van der Waals surface area contributed by atoms with Crippen LogP contribution in [0.25, 0.3) is 0 Å². The highest BCUT2D eigenvalue weighted by atomic mass is 35.5. The molecular formula is C15H14Cl2N2O2. The molecule has 4 nitrogen and oxygen atoms in total. The van der Waals surface area contributed by atoms with Gasteiger partial charge in [-0.2, -0.15) is 0 Å². The van der Waals surface area contributed by atoms with Crippen LogP contribution in [0, 0.1) is 0 Å². The lowest BCUT2D eigenvalue weighted by Gasteiger charge is -2.08. The third kappa shape index (κ3) is 4.28. The van der Waals surface area contributed by atoms with Gasteiger partial charge in [-0.1, -0.05) is 35.3 Å². The molecule has 0 aliphatic rings. The van der Waals surface area contributed by atoms with Crippen molar-refractivity contribution in [3.05, 3.63) is 52.0 Å². The van der Waals surface area contributed by atoms with Crippen molar-refractivity contribution in [2.45, 2.75) is 12.8 Å². The van der Waals surface area contributed by atoms with Gasteiger partial charge in [0.25, 0.3) is 0 Å². The molecule has 6 heteroatoms. The molecule has 0 fully saturated rings. The van der Waals surface area contributed by atoms with Crippen LogP contribution in [0.3, 0.4) is 0 Å². The molecule has 4 N–H and O–H groups in total. The number of amides is 1. The minimum Gasteiger partial charge on any atom is -0.505 e. The van der Waals surface area contributed by atoms with Gasteiger partial charge in [0.15, 0.2) is 5.75 Å². The lowest BCUT2D eigenvalue weighted by atomic mass is 10.1. The summed E-state index contributed by atoms with van der Waals surface area (Å²) in [5, 5.41) is 12.3. The molecule has 0 aromatic heterocycles. The molecule has 2 aromatic rings. The Labute approximate surface area is 132 Å². The van der Waals surface area contributed by atoms with E-state index in [0.717, 1.165) is 5.56 Å². The van der Waals surface area contributed by atoms with Crippen molar-refractivity contribution in [2.24, 2.45) is 0 Å². The third-order valence-electron chi connectivity index (χ3n) is 2.89. The average Bonchev–Trinajstić information content (AvgIpc) is 2.42. The molecule has 1 amide bonds. The zero-order valence-electron chi connectivity index (χ0n) is 11.1. The van der Waals surface area contributed by atoms with E-state index in [0.29, 0.717) is 24.2 Å². The maximum absolute atomic E-state index is 11.9. The largest absolute Gasteiger partial charge is 0.505 e. The molecule has 0 saturated heterocycles. The molecule has 21 heavy (non-hydrogen) atoms. The lowest BCUT2D eigenvalue weighted by molar-refractivity contribution is -0.116. The molecule has 0 heterocycles.